The second-order valence-corrected chi connectivity index (χ2v) is 7.59. The Morgan fingerprint density at radius 2 is 2.04 bits per heavy atom. The third-order valence-electron chi connectivity index (χ3n) is 3.34. The van der Waals surface area contributed by atoms with E-state index in [2.05, 4.69) is 15.7 Å². The van der Waals surface area contributed by atoms with E-state index in [4.69, 9.17) is 5.11 Å². The number of nitrogens with zero attached hydrogens (tertiary/aromatic N) is 1. The van der Waals surface area contributed by atoms with Gasteiger partial charge in [0.2, 0.25) is 0 Å². The molecule has 2 aromatic rings. The summed E-state index contributed by atoms with van der Waals surface area (Å²) >= 11 is 3.32. The highest BCUT2D eigenvalue weighted by Gasteiger charge is 2.11. The van der Waals surface area contributed by atoms with Crippen LogP contribution in [0, 0.1) is 6.92 Å². The summed E-state index contributed by atoms with van der Waals surface area (Å²) in [7, 11) is 0. The van der Waals surface area contributed by atoms with Crippen molar-refractivity contribution in [3.63, 3.8) is 0 Å². The summed E-state index contributed by atoms with van der Waals surface area (Å²) in [5.74, 6) is -0.227. The van der Waals surface area contributed by atoms with Crippen molar-refractivity contribution < 1.29 is 14.7 Å². The maximum Gasteiger partial charge on any atom is 0.303 e. The average Bonchev–Trinajstić information content (AvgIpc) is 2.97. The summed E-state index contributed by atoms with van der Waals surface area (Å²) in [6.07, 6.45) is 0.467. The zero-order valence-corrected chi connectivity index (χ0v) is 15.2. The first-order valence-electron chi connectivity index (χ1n) is 7.60. The summed E-state index contributed by atoms with van der Waals surface area (Å²) in [5, 5.41) is 14.6. The Morgan fingerprint density at radius 1 is 1.33 bits per heavy atom. The third-order valence-corrected chi connectivity index (χ3v) is 5.21. The molecular formula is C17H20N2O3S2. The molecular weight excluding hydrogens is 344 g/mol. The molecule has 1 amide bonds. The summed E-state index contributed by atoms with van der Waals surface area (Å²) in [4.78, 5) is 28.2. The largest absolute Gasteiger partial charge is 0.481 e. The highest BCUT2D eigenvalue weighted by atomic mass is 32.2. The number of hydrogen-bond donors (Lipinski definition) is 2. The Morgan fingerprint density at radius 3 is 2.62 bits per heavy atom. The second-order valence-electron chi connectivity index (χ2n) is 5.48. The Hall–Kier alpha value is -1.86. The quantitative estimate of drug-likeness (QED) is 0.698. The molecule has 0 bridgehead atoms. The fraction of sp³-hybridized carbons (Fsp3) is 0.353. The lowest BCUT2D eigenvalue weighted by Gasteiger charge is -2.13. The zero-order valence-electron chi connectivity index (χ0n) is 13.6. The van der Waals surface area contributed by atoms with Gasteiger partial charge < -0.3 is 10.4 Å². The van der Waals surface area contributed by atoms with Gasteiger partial charge in [-0.2, -0.15) is 0 Å². The van der Waals surface area contributed by atoms with Gasteiger partial charge in [0.25, 0.3) is 5.91 Å². The molecule has 1 aromatic carbocycles. The Kier molecular flexibility index (Phi) is 6.81. The highest BCUT2D eigenvalue weighted by molar-refractivity contribution is 7.98. The predicted molar refractivity (Wildman–Crippen MR) is 96.7 cm³/mol. The molecule has 1 aromatic heterocycles. The molecule has 128 valence electrons. The van der Waals surface area contributed by atoms with Crippen LogP contribution in [0.15, 0.2) is 34.5 Å². The summed E-state index contributed by atoms with van der Waals surface area (Å²) in [6, 6.07) is 7.24. The fourth-order valence-corrected chi connectivity index (χ4v) is 3.56. The first-order chi connectivity index (χ1) is 11.4. The molecule has 0 aliphatic heterocycles. The number of nitrogens with one attached hydrogen (secondary N) is 1. The molecule has 2 N–H and O–H groups in total. The van der Waals surface area contributed by atoms with Crippen molar-refractivity contribution >= 4 is 35.0 Å². The molecule has 2 rings (SSSR count). The van der Waals surface area contributed by atoms with Crippen molar-refractivity contribution in [2.24, 2.45) is 0 Å². The number of carbonyl (C=O) groups excluding carboxylic acids is 1. The smallest absolute Gasteiger partial charge is 0.303 e. The highest BCUT2D eigenvalue weighted by Crippen LogP contribution is 2.23. The Bertz CT molecular complexity index is 698. The van der Waals surface area contributed by atoms with E-state index in [0.29, 0.717) is 12.0 Å². The number of carbonyl (C=O) groups is 2. The molecule has 1 atom stereocenters. The minimum absolute atomic E-state index is 0.0487. The van der Waals surface area contributed by atoms with Crippen molar-refractivity contribution in [2.45, 2.75) is 43.4 Å². The third kappa shape index (κ3) is 5.98. The van der Waals surface area contributed by atoms with Crippen LogP contribution in [0.5, 0.6) is 0 Å². The number of carboxylic acids is 1. The van der Waals surface area contributed by atoms with E-state index >= 15 is 0 Å². The molecule has 5 nitrogen and oxygen atoms in total. The Balaban J connectivity index is 1.84. The maximum absolute atomic E-state index is 12.1. The van der Waals surface area contributed by atoms with Crippen LogP contribution in [-0.4, -0.2) is 28.0 Å². The fourth-order valence-electron chi connectivity index (χ4n) is 2.05. The van der Waals surface area contributed by atoms with Gasteiger partial charge in [0.1, 0.15) is 0 Å². The first-order valence-corrected chi connectivity index (χ1v) is 9.47. The number of aliphatic carboxylic acids is 1. The topological polar surface area (TPSA) is 79.3 Å². The van der Waals surface area contributed by atoms with Gasteiger partial charge in [-0.3, -0.25) is 9.59 Å². The van der Waals surface area contributed by atoms with E-state index in [1.165, 1.54) is 0 Å². The van der Waals surface area contributed by atoms with Crippen molar-refractivity contribution in [1.82, 2.24) is 10.3 Å². The number of aromatic nitrogens is 1. The molecule has 0 aliphatic rings. The lowest BCUT2D eigenvalue weighted by atomic mass is 10.1. The summed E-state index contributed by atoms with van der Waals surface area (Å²) < 4.78 is 0. The molecule has 0 aliphatic carbocycles. The van der Waals surface area contributed by atoms with E-state index in [1.807, 2.05) is 19.1 Å². The lowest BCUT2D eigenvalue weighted by molar-refractivity contribution is -0.137. The average molecular weight is 364 g/mol. The van der Waals surface area contributed by atoms with Crippen LogP contribution in [0.2, 0.25) is 0 Å². The monoisotopic (exact) mass is 364 g/mol. The van der Waals surface area contributed by atoms with Gasteiger partial charge >= 0.3 is 5.97 Å². The summed E-state index contributed by atoms with van der Waals surface area (Å²) in [6.45, 7) is 3.80. The first kappa shape index (κ1) is 18.5. The van der Waals surface area contributed by atoms with Gasteiger partial charge in [0.05, 0.1) is 10.7 Å². The van der Waals surface area contributed by atoms with Gasteiger partial charge in [0.15, 0.2) is 0 Å². The van der Waals surface area contributed by atoms with Crippen LogP contribution >= 0.6 is 23.1 Å². The molecule has 0 spiro atoms. The normalized spacial score (nSPS) is 11.9. The maximum atomic E-state index is 12.1. The van der Waals surface area contributed by atoms with Crippen molar-refractivity contribution in [3.8, 4) is 0 Å². The molecule has 24 heavy (non-hydrogen) atoms. The number of carboxylic acid groups (broad SMARTS) is 1. The number of amides is 1. The number of hydrogen-bond acceptors (Lipinski definition) is 5. The van der Waals surface area contributed by atoms with E-state index in [0.717, 1.165) is 21.3 Å². The molecule has 0 fully saturated rings. The van der Waals surface area contributed by atoms with Crippen LogP contribution in [-0.2, 0) is 10.5 Å². The minimum atomic E-state index is -0.854. The van der Waals surface area contributed by atoms with Crippen LogP contribution in [0.1, 0.15) is 40.8 Å². The number of thiazole rings is 1. The van der Waals surface area contributed by atoms with Gasteiger partial charge in [0, 0.05) is 34.1 Å². The number of benzene rings is 1. The van der Waals surface area contributed by atoms with Crippen LogP contribution < -0.4 is 5.32 Å². The van der Waals surface area contributed by atoms with E-state index in [9.17, 15) is 9.59 Å². The van der Waals surface area contributed by atoms with E-state index in [1.54, 1.807) is 42.2 Å². The van der Waals surface area contributed by atoms with E-state index in [-0.39, 0.29) is 18.4 Å². The van der Waals surface area contributed by atoms with Gasteiger partial charge in [-0.05, 0) is 44.5 Å². The van der Waals surface area contributed by atoms with Crippen LogP contribution in [0.4, 0.5) is 0 Å². The van der Waals surface area contributed by atoms with Gasteiger partial charge in [-0.1, -0.05) is 0 Å². The predicted octanol–water partition coefficient (Wildman–Crippen LogP) is 3.73. The van der Waals surface area contributed by atoms with Crippen LogP contribution in [0.3, 0.4) is 0 Å². The second kappa shape index (κ2) is 8.84. The van der Waals surface area contributed by atoms with E-state index < -0.39 is 5.97 Å². The van der Waals surface area contributed by atoms with Crippen molar-refractivity contribution in [3.05, 3.63) is 45.9 Å². The number of thioether (sulfide) groups is 1. The molecule has 0 radical (unpaired) electrons. The van der Waals surface area contributed by atoms with Crippen molar-refractivity contribution in [2.75, 3.05) is 0 Å². The number of aryl methyl sites for hydroxylation is 1. The summed E-state index contributed by atoms with van der Waals surface area (Å²) in [5.41, 5.74) is 1.64. The standard InChI is InChI=1S/C17H20N2O3S2/c1-11(3-8-16(20)21)18-17(22)13-4-6-15(7-5-13)24-10-14-9-23-12(2)19-14/h4-7,9,11H,3,8,10H2,1-2H3,(H,18,22)(H,20,21). The Labute approximate surface area is 149 Å². The zero-order chi connectivity index (χ0) is 17.5. The molecule has 7 heteroatoms. The number of rotatable bonds is 8. The van der Waals surface area contributed by atoms with Gasteiger partial charge in [-0.25, -0.2) is 4.98 Å². The lowest BCUT2D eigenvalue weighted by Crippen LogP contribution is -2.32. The minimum Gasteiger partial charge on any atom is -0.481 e. The molecule has 0 saturated carbocycles. The van der Waals surface area contributed by atoms with Gasteiger partial charge in [-0.15, -0.1) is 23.1 Å². The molecule has 1 heterocycles. The van der Waals surface area contributed by atoms with Crippen molar-refractivity contribution in [1.29, 1.82) is 0 Å². The van der Waals surface area contributed by atoms with Crippen LogP contribution in [0.25, 0.3) is 0 Å². The SMILES string of the molecule is Cc1nc(CSc2ccc(C(=O)NC(C)CCC(=O)O)cc2)cs1. The molecule has 1 unspecified atom stereocenters. The molecule has 0 saturated heterocycles.